The minimum absolute atomic E-state index is 0.0847. The molecule has 3 aromatic carbocycles. The maximum atomic E-state index is 12.9. The first kappa shape index (κ1) is 18.8. The molecule has 0 fully saturated rings. The molecule has 0 saturated heterocycles. The van der Waals surface area contributed by atoms with Crippen molar-refractivity contribution in [3.8, 4) is 0 Å². The Hall–Kier alpha value is -2.96. The third-order valence-electron chi connectivity index (χ3n) is 4.23. The molecule has 3 N–H and O–H groups in total. The van der Waals surface area contributed by atoms with Crippen molar-refractivity contribution in [3.05, 3.63) is 102 Å². The van der Waals surface area contributed by atoms with Crippen LogP contribution < -0.4 is 10.5 Å². The van der Waals surface area contributed by atoms with Gasteiger partial charge < -0.3 is 5.73 Å². The van der Waals surface area contributed by atoms with Crippen LogP contribution in [0.1, 0.15) is 27.5 Å². The number of hydrogen-bond acceptors (Lipinski definition) is 3. The number of carbonyl (C=O) groups is 1. The van der Waals surface area contributed by atoms with Crippen LogP contribution in [0.5, 0.6) is 0 Å². The SMILES string of the molecule is NC(=O)c1ccc(S(=O)(=O)NC(Cc2ccccc2)c2ccccc2)cc1. The number of benzene rings is 3. The molecule has 0 aliphatic rings. The highest BCUT2D eigenvalue weighted by atomic mass is 32.2. The first-order valence-corrected chi connectivity index (χ1v) is 9.95. The molecule has 0 radical (unpaired) electrons. The zero-order chi connectivity index (χ0) is 19.3. The fraction of sp³-hybridized carbons (Fsp3) is 0.0952. The summed E-state index contributed by atoms with van der Waals surface area (Å²) in [4.78, 5) is 11.3. The van der Waals surface area contributed by atoms with E-state index in [2.05, 4.69) is 4.72 Å². The molecule has 3 rings (SSSR count). The second-order valence-electron chi connectivity index (χ2n) is 6.16. The Morgan fingerprint density at radius 2 is 1.41 bits per heavy atom. The number of sulfonamides is 1. The van der Waals surface area contributed by atoms with Gasteiger partial charge in [0.05, 0.1) is 10.9 Å². The van der Waals surface area contributed by atoms with Gasteiger partial charge in [0.15, 0.2) is 0 Å². The molecule has 0 aliphatic carbocycles. The van der Waals surface area contributed by atoms with E-state index >= 15 is 0 Å². The molecular formula is C21H20N2O3S. The summed E-state index contributed by atoms with van der Waals surface area (Å²) in [6.45, 7) is 0. The molecule has 0 spiro atoms. The van der Waals surface area contributed by atoms with Crippen molar-refractivity contribution in [1.29, 1.82) is 0 Å². The Bertz CT molecular complexity index is 1000. The van der Waals surface area contributed by atoms with E-state index in [1.54, 1.807) is 0 Å². The van der Waals surface area contributed by atoms with Gasteiger partial charge in [-0.25, -0.2) is 13.1 Å². The summed E-state index contributed by atoms with van der Waals surface area (Å²) in [5, 5.41) is 0. The molecule has 0 heterocycles. The Balaban J connectivity index is 1.89. The first-order chi connectivity index (χ1) is 13.0. The van der Waals surface area contributed by atoms with Crippen LogP contribution in [0.15, 0.2) is 89.8 Å². The second kappa shape index (κ2) is 8.16. The predicted octanol–water partition coefficient (Wildman–Crippen LogP) is 3.05. The smallest absolute Gasteiger partial charge is 0.248 e. The summed E-state index contributed by atoms with van der Waals surface area (Å²) in [6.07, 6.45) is 0.517. The molecule has 1 unspecified atom stereocenters. The molecule has 138 valence electrons. The second-order valence-corrected chi connectivity index (χ2v) is 7.88. The van der Waals surface area contributed by atoms with Crippen LogP contribution in [-0.4, -0.2) is 14.3 Å². The van der Waals surface area contributed by atoms with Crippen molar-refractivity contribution >= 4 is 15.9 Å². The van der Waals surface area contributed by atoms with Gasteiger partial charge in [0.1, 0.15) is 0 Å². The fourth-order valence-corrected chi connectivity index (χ4v) is 4.04. The highest BCUT2D eigenvalue weighted by Crippen LogP contribution is 2.22. The van der Waals surface area contributed by atoms with Gasteiger partial charge in [-0.1, -0.05) is 60.7 Å². The van der Waals surface area contributed by atoms with Crippen LogP contribution in [0.25, 0.3) is 0 Å². The Morgan fingerprint density at radius 1 is 0.852 bits per heavy atom. The van der Waals surface area contributed by atoms with Gasteiger partial charge in [0.2, 0.25) is 15.9 Å². The highest BCUT2D eigenvalue weighted by Gasteiger charge is 2.22. The predicted molar refractivity (Wildman–Crippen MR) is 105 cm³/mol. The van der Waals surface area contributed by atoms with Crippen LogP contribution in [0.2, 0.25) is 0 Å². The standard InChI is InChI=1S/C21H20N2O3S/c22-21(24)18-11-13-19(14-12-18)27(25,26)23-20(17-9-5-2-6-10-17)15-16-7-3-1-4-8-16/h1-14,20,23H,15H2,(H2,22,24). The maximum absolute atomic E-state index is 12.9. The van der Waals surface area contributed by atoms with Gasteiger partial charge in [-0.05, 0) is 41.8 Å². The minimum Gasteiger partial charge on any atom is -0.366 e. The maximum Gasteiger partial charge on any atom is 0.248 e. The Kier molecular flexibility index (Phi) is 5.69. The summed E-state index contributed by atoms with van der Waals surface area (Å²) in [7, 11) is -3.77. The van der Waals surface area contributed by atoms with Crippen molar-refractivity contribution in [1.82, 2.24) is 4.72 Å². The molecule has 0 saturated carbocycles. The molecular weight excluding hydrogens is 360 g/mol. The van der Waals surface area contributed by atoms with Gasteiger partial charge in [-0.3, -0.25) is 4.79 Å². The van der Waals surface area contributed by atoms with E-state index < -0.39 is 22.0 Å². The molecule has 0 bridgehead atoms. The lowest BCUT2D eigenvalue weighted by atomic mass is 10.00. The zero-order valence-electron chi connectivity index (χ0n) is 14.6. The van der Waals surface area contributed by atoms with Crippen LogP contribution in [0, 0.1) is 0 Å². The van der Waals surface area contributed by atoms with Crippen LogP contribution in [0.4, 0.5) is 0 Å². The summed E-state index contributed by atoms with van der Waals surface area (Å²) >= 11 is 0. The highest BCUT2D eigenvalue weighted by molar-refractivity contribution is 7.89. The summed E-state index contributed by atoms with van der Waals surface area (Å²) in [5.41, 5.74) is 7.37. The quantitative estimate of drug-likeness (QED) is 0.660. The van der Waals surface area contributed by atoms with Crippen molar-refractivity contribution in [2.45, 2.75) is 17.4 Å². The van der Waals surface area contributed by atoms with Crippen LogP contribution in [0.3, 0.4) is 0 Å². The molecule has 5 nitrogen and oxygen atoms in total. The summed E-state index contributed by atoms with van der Waals surface area (Å²) in [6, 6.07) is 24.3. The van der Waals surface area contributed by atoms with E-state index in [-0.39, 0.29) is 10.5 Å². The van der Waals surface area contributed by atoms with Gasteiger partial charge in [-0.15, -0.1) is 0 Å². The lowest BCUT2D eigenvalue weighted by Crippen LogP contribution is -2.30. The topological polar surface area (TPSA) is 89.3 Å². The van der Waals surface area contributed by atoms with E-state index in [4.69, 9.17) is 5.73 Å². The van der Waals surface area contributed by atoms with Crippen molar-refractivity contribution in [3.63, 3.8) is 0 Å². The van der Waals surface area contributed by atoms with E-state index in [1.807, 2.05) is 60.7 Å². The molecule has 1 atom stereocenters. The van der Waals surface area contributed by atoms with Gasteiger partial charge in [0.25, 0.3) is 0 Å². The third kappa shape index (κ3) is 4.81. The van der Waals surface area contributed by atoms with Crippen LogP contribution >= 0.6 is 0 Å². The third-order valence-corrected chi connectivity index (χ3v) is 5.72. The molecule has 0 aliphatic heterocycles. The molecule has 0 aromatic heterocycles. The summed E-state index contributed by atoms with van der Waals surface area (Å²) in [5.74, 6) is -0.599. The zero-order valence-corrected chi connectivity index (χ0v) is 15.4. The number of primary amides is 1. The van der Waals surface area contributed by atoms with Gasteiger partial charge in [-0.2, -0.15) is 0 Å². The van der Waals surface area contributed by atoms with E-state index in [1.165, 1.54) is 24.3 Å². The molecule has 1 amide bonds. The Morgan fingerprint density at radius 3 is 1.96 bits per heavy atom. The molecule has 27 heavy (non-hydrogen) atoms. The molecule has 3 aromatic rings. The largest absolute Gasteiger partial charge is 0.366 e. The van der Waals surface area contributed by atoms with Gasteiger partial charge in [0, 0.05) is 5.56 Å². The van der Waals surface area contributed by atoms with Crippen molar-refractivity contribution in [2.24, 2.45) is 5.73 Å². The number of nitrogens with one attached hydrogen (secondary N) is 1. The number of amides is 1. The normalized spacial score (nSPS) is 12.4. The lowest BCUT2D eigenvalue weighted by Gasteiger charge is -2.19. The van der Waals surface area contributed by atoms with Gasteiger partial charge >= 0.3 is 0 Å². The first-order valence-electron chi connectivity index (χ1n) is 8.47. The van der Waals surface area contributed by atoms with E-state index in [0.717, 1.165) is 11.1 Å². The fourth-order valence-electron chi connectivity index (χ4n) is 2.82. The van der Waals surface area contributed by atoms with Crippen LogP contribution in [-0.2, 0) is 16.4 Å². The van der Waals surface area contributed by atoms with Crippen molar-refractivity contribution in [2.75, 3.05) is 0 Å². The molecule has 6 heteroatoms. The average molecular weight is 380 g/mol. The van der Waals surface area contributed by atoms with E-state index in [0.29, 0.717) is 6.42 Å². The Labute approximate surface area is 158 Å². The number of hydrogen-bond donors (Lipinski definition) is 2. The number of nitrogens with two attached hydrogens (primary N) is 1. The lowest BCUT2D eigenvalue weighted by molar-refractivity contribution is 0.1000. The number of rotatable bonds is 7. The summed E-state index contributed by atoms with van der Waals surface area (Å²) < 4.78 is 28.5. The minimum atomic E-state index is -3.77. The average Bonchev–Trinajstić information content (AvgIpc) is 2.69. The van der Waals surface area contributed by atoms with Crippen molar-refractivity contribution < 1.29 is 13.2 Å². The monoisotopic (exact) mass is 380 g/mol. The van der Waals surface area contributed by atoms with E-state index in [9.17, 15) is 13.2 Å². The number of carbonyl (C=O) groups excluding carboxylic acids is 1.